The second-order valence-corrected chi connectivity index (χ2v) is 14.9. The van der Waals surface area contributed by atoms with E-state index in [1.54, 1.807) is 0 Å². The van der Waals surface area contributed by atoms with Crippen molar-refractivity contribution in [2.45, 2.75) is 77.5 Å². The predicted molar refractivity (Wildman–Crippen MR) is 123 cm³/mol. The molecule has 2 aliphatic rings. The Bertz CT molecular complexity index is 737. The molecule has 1 saturated carbocycles. The average molecular weight is 396 g/mol. The summed E-state index contributed by atoms with van der Waals surface area (Å²) in [5.74, 6) is 4.85. The highest BCUT2D eigenvalue weighted by Gasteiger charge is 2.49. The van der Waals surface area contributed by atoms with Crippen molar-refractivity contribution >= 4 is 14.1 Å². The van der Waals surface area contributed by atoms with Gasteiger partial charge in [0.25, 0.3) is 0 Å². The fourth-order valence-corrected chi connectivity index (χ4v) is 5.28. The van der Waals surface area contributed by atoms with Crippen molar-refractivity contribution in [1.29, 1.82) is 0 Å². The van der Waals surface area contributed by atoms with Gasteiger partial charge in [0.15, 0.2) is 0 Å². The number of hydrogen-bond donors (Lipinski definition) is 0. The lowest BCUT2D eigenvalue weighted by Gasteiger charge is -2.56. The van der Waals surface area contributed by atoms with Gasteiger partial charge in [-0.3, -0.25) is 4.90 Å². The normalized spacial score (nSPS) is 30.5. The van der Waals surface area contributed by atoms with Crippen molar-refractivity contribution in [3.05, 3.63) is 42.0 Å². The molecule has 3 heteroatoms. The van der Waals surface area contributed by atoms with Crippen molar-refractivity contribution in [2.24, 2.45) is 11.8 Å². The molecule has 0 unspecified atom stereocenters. The van der Waals surface area contributed by atoms with Crippen LogP contribution in [0.1, 0.15) is 45.6 Å². The van der Waals surface area contributed by atoms with Crippen LogP contribution in [0.15, 0.2) is 36.4 Å². The first kappa shape index (κ1) is 21.4. The summed E-state index contributed by atoms with van der Waals surface area (Å²) in [6.07, 6.45) is 8.52. The molecule has 0 spiro atoms. The molecule has 2 fully saturated rings. The quantitative estimate of drug-likeness (QED) is 0.472. The molecule has 1 heterocycles. The van der Waals surface area contributed by atoms with Gasteiger partial charge in [0.2, 0.25) is 0 Å². The minimum atomic E-state index is -1.37. The Kier molecular flexibility index (Phi) is 6.54. The summed E-state index contributed by atoms with van der Waals surface area (Å²) in [5, 5.41) is 0. The van der Waals surface area contributed by atoms with Crippen LogP contribution in [0.25, 0.3) is 6.08 Å². The molecule has 4 atom stereocenters. The van der Waals surface area contributed by atoms with Gasteiger partial charge in [-0.1, -0.05) is 75.3 Å². The molecule has 0 radical (unpaired) electrons. The first-order valence-corrected chi connectivity index (χ1v) is 14.3. The third kappa shape index (κ3) is 5.17. The number of rotatable bonds is 3. The highest BCUT2D eigenvalue weighted by Crippen LogP contribution is 2.45. The number of benzene rings is 1. The largest absolute Gasteiger partial charge is 0.356 e. The van der Waals surface area contributed by atoms with Crippen LogP contribution in [0.2, 0.25) is 19.6 Å². The summed E-state index contributed by atoms with van der Waals surface area (Å²) < 4.78 is 6.70. The summed E-state index contributed by atoms with van der Waals surface area (Å²) >= 11 is 0. The number of hydrogen-bond acceptors (Lipinski definition) is 2. The van der Waals surface area contributed by atoms with Gasteiger partial charge in [0.1, 0.15) is 14.3 Å². The highest BCUT2D eigenvalue weighted by molar-refractivity contribution is 6.83. The summed E-state index contributed by atoms with van der Waals surface area (Å²) in [5.41, 5.74) is 4.85. The van der Waals surface area contributed by atoms with Crippen LogP contribution in [0.4, 0.5) is 0 Å². The number of nitrogens with zero attached hydrogens (tertiary/aromatic N) is 1. The van der Waals surface area contributed by atoms with Gasteiger partial charge < -0.3 is 4.74 Å². The molecule has 0 N–H and O–H groups in total. The SMILES string of the molecule is C[C@@H]1CC[C@@H]2[C@@H](C1)O[C@@H](/C=C/c1ccccc1)N(CC#C[Si](C)(C)C)C2(C)C. The summed E-state index contributed by atoms with van der Waals surface area (Å²) in [4.78, 5) is 2.50. The zero-order chi connectivity index (χ0) is 20.4. The molecule has 1 aromatic rings. The molecule has 0 bridgehead atoms. The summed E-state index contributed by atoms with van der Waals surface area (Å²) in [6, 6.07) is 10.5. The van der Waals surface area contributed by atoms with Gasteiger partial charge in [-0.15, -0.1) is 5.54 Å². The third-order valence-electron chi connectivity index (χ3n) is 6.29. The fraction of sp³-hybridized carbons (Fsp3) is 0.600. The zero-order valence-corrected chi connectivity index (χ0v) is 19.5. The Morgan fingerprint density at radius 3 is 2.57 bits per heavy atom. The molecule has 1 aliphatic carbocycles. The Hall–Kier alpha value is -1.34. The minimum absolute atomic E-state index is 0.0160. The van der Waals surface area contributed by atoms with Gasteiger partial charge in [-0.25, -0.2) is 0 Å². The van der Waals surface area contributed by atoms with Crippen molar-refractivity contribution in [3.8, 4) is 11.5 Å². The van der Waals surface area contributed by atoms with Crippen LogP contribution in [0.3, 0.4) is 0 Å². The predicted octanol–water partition coefficient (Wildman–Crippen LogP) is 5.82. The Labute approximate surface area is 173 Å². The lowest BCUT2D eigenvalue weighted by molar-refractivity contribution is -0.211. The maximum Gasteiger partial charge on any atom is 0.131 e. The van der Waals surface area contributed by atoms with Gasteiger partial charge in [0.05, 0.1) is 12.6 Å². The molecule has 1 aromatic carbocycles. The molecule has 152 valence electrons. The first-order chi connectivity index (χ1) is 13.2. The number of ether oxygens (including phenoxy) is 1. The van der Waals surface area contributed by atoms with Crippen molar-refractivity contribution in [2.75, 3.05) is 6.54 Å². The van der Waals surface area contributed by atoms with E-state index in [1.807, 2.05) is 0 Å². The molecule has 1 aliphatic heterocycles. The lowest BCUT2D eigenvalue weighted by Crippen LogP contribution is -2.64. The van der Waals surface area contributed by atoms with E-state index in [4.69, 9.17) is 4.74 Å². The van der Waals surface area contributed by atoms with Crippen LogP contribution in [-0.2, 0) is 4.74 Å². The van der Waals surface area contributed by atoms with E-state index in [1.165, 1.54) is 24.8 Å². The Balaban J connectivity index is 1.87. The standard InChI is InChI=1S/C25H37NOSi/c1-20-13-15-22-23(19-20)27-24(16-14-21-11-8-7-9-12-21)26(25(22,2)3)17-10-18-28(4,5)6/h7-9,11-12,14,16,20,22-24H,13,15,17,19H2,1-6H3/b16-14+/t20-,22-,23-,24+/m1/s1. The highest BCUT2D eigenvalue weighted by atomic mass is 28.3. The molecule has 2 nitrogen and oxygen atoms in total. The van der Waals surface area contributed by atoms with E-state index in [2.05, 4.69) is 99.3 Å². The van der Waals surface area contributed by atoms with Crippen LogP contribution < -0.4 is 0 Å². The van der Waals surface area contributed by atoms with E-state index < -0.39 is 8.07 Å². The average Bonchev–Trinajstić information content (AvgIpc) is 2.61. The molecule has 28 heavy (non-hydrogen) atoms. The van der Waals surface area contributed by atoms with Gasteiger partial charge in [-0.2, -0.15) is 0 Å². The molecule has 0 aromatic heterocycles. The minimum Gasteiger partial charge on any atom is -0.356 e. The molecule has 3 rings (SSSR count). The Morgan fingerprint density at radius 2 is 1.89 bits per heavy atom. The molecule has 0 amide bonds. The van der Waals surface area contributed by atoms with Crippen molar-refractivity contribution < 1.29 is 4.74 Å². The first-order valence-electron chi connectivity index (χ1n) is 10.8. The van der Waals surface area contributed by atoms with Crippen molar-refractivity contribution in [1.82, 2.24) is 4.90 Å². The zero-order valence-electron chi connectivity index (χ0n) is 18.5. The third-order valence-corrected chi connectivity index (χ3v) is 7.22. The van der Waals surface area contributed by atoms with Crippen molar-refractivity contribution in [3.63, 3.8) is 0 Å². The van der Waals surface area contributed by atoms with E-state index in [0.717, 1.165) is 12.5 Å². The summed E-state index contributed by atoms with van der Waals surface area (Å²) in [7, 11) is -1.37. The van der Waals surface area contributed by atoms with Crippen LogP contribution in [0, 0.1) is 23.3 Å². The van der Waals surface area contributed by atoms with Crippen LogP contribution in [-0.4, -0.2) is 37.4 Å². The maximum atomic E-state index is 6.70. The fourth-order valence-electron chi connectivity index (χ4n) is 4.67. The van der Waals surface area contributed by atoms with Gasteiger partial charge in [-0.05, 0) is 44.2 Å². The summed E-state index contributed by atoms with van der Waals surface area (Å²) in [6.45, 7) is 14.9. The smallest absolute Gasteiger partial charge is 0.131 e. The van der Waals surface area contributed by atoms with E-state index in [9.17, 15) is 0 Å². The second kappa shape index (κ2) is 8.57. The molecule has 1 saturated heterocycles. The maximum absolute atomic E-state index is 6.70. The second-order valence-electron chi connectivity index (χ2n) is 10.2. The van der Waals surface area contributed by atoms with Gasteiger partial charge >= 0.3 is 0 Å². The molecular formula is C25H37NOSi. The Morgan fingerprint density at radius 1 is 1.18 bits per heavy atom. The van der Waals surface area contributed by atoms with Crippen LogP contribution in [0.5, 0.6) is 0 Å². The monoisotopic (exact) mass is 395 g/mol. The van der Waals surface area contributed by atoms with Gasteiger partial charge in [0, 0.05) is 11.5 Å². The topological polar surface area (TPSA) is 12.5 Å². The lowest BCUT2D eigenvalue weighted by atomic mass is 9.70. The molecular weight excluding hydrogens is 358 g/mol. The van der Waals surface area contributed by atoms with E-state index in [0.29, 0.717) is 12.0 Å². The van der Waals surface area contributed by atoms with Crippen LogP contribution >= 0.6 is 0 Å². The van der Waals surface area contributed by atoms with E-state index >= 15 is 0 Å². The number of fused-ring (bicyclic) bond motifs is 1. The van der Waals surface area contributed by atoms with E-state index in [-0.39, 0.29) is 11.8 Å².